The molecule has 1 aromatic rings. The van der Waals surface area contributed by atoms with E-state index < -0.39 is 0 Å². The summed E-state index contributed by atoms with van der Waals surface area (Å²) >= 11 is 0. The lowest BCUT2D eigenvalue weighted by Crippen LogP contribution is -2.45. The molecule has 2 N–H and O–H groups in total. The molecule has 3 nitrogen and oxygen atoms in total. The average Bonchev–Trinajstić information content (AvgIpc) is 2.29. The zero-order chi connectivity index (χ0) is 11.4. The quantitative estimate of drug-likeness (QED) is 0.832. The summed E-state index contributed by atoms with van der Waals surface area (Å²) in [5, 5.41) is 0. The molecule has 0 aromatic heterocycles. The van der Waals surface area contributed by atoms with Crippen LogP contribution < -0.4 is 5.73 Å². The lowest BCUT2D eigenvalue weighted by molar-refractivity contribution is -0.0260. The van der Waals surface area contributed by atoms with Gasteiger partial charge in [-0.3, -0.25) is 4.90 Å². The van der Waals surface area contributed by atoms with E-state index in [1.807, 2.05) is 6.07 Å². The van der Waals surface area contributed by atoms with Crippen molar-refractivity contribution in [2.45, 2.75) is 12.6 Å². The molecule has 88 valence electrons. The highest BCUT2D eigenvalue weighted by Gasteiger charge is 2.18. The van der Waals surface area contributed by atoms with Gasteiger partial charge in [-0.25, -0.2) is 4.39 Å². The molecule has 0 bridgehead atoms. The van der Waals surface area contributed by atoms with Gasteiger partial charge in [-0.15, -0.1) is 0 Å². The summed E-state index contributed by atoms with van der Waals surface area (Å²) < 4.78 is 18.5. The summed E-state index contributed by atoms with van der Waals surface area (Å²) in [5.41, 5.74) is 6.57. The van der Waals surface area contributed by atoms with E-state index >= 15 is 0 Å². The first kappa shape index (κ1) is 11.5. The Kier molecular flexibility index (Phi) is 3.88. The molecule has 1 atom stereocenters. The maximum atomic E-state index is 13.0. The summed E-state index contributed by atoms with van der Waals surface area (Å²) in [6.45, 7) is 3.72. The van der Waals surface area contributed by atoms with Crippen LogP contribution in [0.2, 0.25) is 0 Å². The first-order valence-electron chi connectivity index (χ1n) is 5.56. The predicted molar refractivity (Wildman–Crippen MR) is 60.5 cm³/mol. The van der Waals surface area contributed by atoms with Crippen LogP contribution >= 0.6 is 0 Å². The summed E-state index contributed by atoms with van der Waals surface area (Å²) in [7, 11) is 0. The molecule has 1 aromatic carbocycles. The molecule has 16 heavy (non-hydrogen) atoms. The molecular weight excluding hydrogens is 207 g/mol. The summed E-state index contributed by atoms with van der Waals surface area (Å²) in [6.07, 6.45) is 0.113. The van der Waals surface area contributed by atoms with Crippen molar-refractivity contribution in [1.82, 2.24) is 4.90 Å². The van der Waals surface area contributed by atoms with E-state index in [2.05, 4.69) is 4.90 Å². The Morgan fingerprint density at radius 1 is 1.50 bits per heavy atom. The maximum absolute atomic E-state index is 13.0. The first-order chi connectivity index (χ1) is 7.78. The lowest BCUT2D eigenvalue weighted by Gasteiger charge is -2.32. The van der Waals surface area contributed by atoms with Crippen LogP contribution in [0.3, 0.4) is 0 Å². The number of ether oxygens (including phenoxy) is 1. The van der Waals surface area contributed by atoms with Crippen LogP contribution in [-0.4, -0.2) is 37.2 Å². The molecule has 0 aliphatic carbocycles. The van der Waals surface area contributed by atoms with Crippen LogP contribution in [0.5, 0.6) is 0 Å². The van der Waals surface area contributed by atoms with Crippen LogP contribution in [-0.2, 0) is 11.3 Å². The zero-order valence-corrected chi connectivity index (χ0v) is 9.23. The van der Waals surface area contributed by atoms with Gasteiger partial charge in [0.25, 0.3) is 0 Å². The van der Waals surface area contributed by atoms with Crippen LogP contribution in [0.1, 0.15) is 5.56 Å². The highest BCUT2D eigenvalue weighted by Crippen LogP contribution is 2.11. The van der Waals surface area contributed by atoms with Gasteiger partial charge in [0.2, 0.25) is 0 Å². The monoisotopic (exact) mass is 224 g/mol. The fourth-order valence-electron chi connectivity index (χ4n) is 1.96. The van der Waals surface area contributed by atoms with E-state index in [0.29, 0.717) is 13.2 Å². The molecule has 1 aliphatic heterocycles. The molecule has 0 unspecified atom stereocenters. The number of benzene rings is 1. The van der Waals surface area contributed by atoms with Gasteiger partial charge >= 0.3 is 0 Å². The van der Waals surface area contributed by atoms with Crippen LogP contribution in [0, 0.1) is 5.82 Å². The molecule has 1 aliphatic rings. The number of nitrogens with zero attached hydrogens (tertiary/aromatic N) is 1. The van der Waals surface area contributed by atoms with Gasteiger partial charge in [0.05, 0.1) is 12.7 Å². The Morgan fingerprint density at radius 3 is 3.12 bits per heavy atom. The number of nitrogens with two attached hydrogens (primary N) is 1. The van der Waals surface area contributed by atoms with Crippen molar-refractivity contribution < 1.29 is 9.13 Å². The van der Waals surface area contributed by atoms with Gasteiger partial charge in [0.15, 0.2) is 0 Å². The molecular formula is C12H17FN2O. The second-order valence-electron chi connectivity index (χ2n) is 4.09. The minimum absolute atomic E-state index is 0.113. The fraction of sp³-hybridized carbons (Fsp3) is 0.500. The van der Waals surface area contributed by atoms with Crippen molar-refractivity contribution in [1.29, 1.82) is 0 Å². The van der Waals surface area contributed by atoms with Gasteiger partial charge in [-0.2, -0.15) is 0 Å². The highest BCUT2D eigenvalue weighted by atomic mass is 19.1. The summed E-state index contributed by atoms with van der Waals surface area (Å²) in [6, 6.07) is 6.72. The topological polar surface area (TPSA) is 38.5 Å². The maximum Gasteiger partial charge on any atom is 0.123 e. The minimum Gasteiger partial charge on any atom is -0.374 e. The summed E-state index contributed by atoms with van der Waals surface area (Å²) in [4.78, 5) is 2.25. The number of hydrogen-bond donors (Lipinski definition) is 1. The van der Waals surface area contributed by atoms with Gasteiger partial charge < -0.3 is 10.5 Å². The highest BCUT2D eigenvalue weighted by molar-refractivity contribution is 5.16. The minimum atomic E-state index is -0.180. The number of halogens is 1. The van der Waals surface area contributed by atoms with E-state index in [9.17, 15) is 4.39 Å². The van der Waals surface area contributed by atoms with Crippen molar-refractivity contribution in [3.8, 4) is 0 Å². The fourth-order valence-corrected chi connectivity index (χ4v) is 1.96. The van der Waals surface area contributed by atoms with Crippen LogP contribution in [0.15, 0.2) is 24.3 Å². The molecule has 0 radical (unpaired) electrons. The third-order valence-electron chi connectivity index (χ3n) is 2.78. The number of rotatable bonds is 3. The first-order valence-corrected chi connectivity index (χ1v) is 5.56. The van der Waals surface area contributed by atoms with Gasteiger partial charge in [-0.05, 0) is 17.7 Å². The van der Waals surface area contributed by atoms with Gasteiger partial charge in [0, 0.05) is 26.2 Å². The van der Waals surface area contributed by atoms with Gasteiger partial charge in [-0.1, -0.05) is 12.1 Å². The van der Waals surface area contributed by atoms with Crippen molar-refractivity contribution in [2.24, 2.45) is 5.73 Å². The second kappa shape index (κ2) is 5.39. The van der Waals surface area contributed by atoms with E-state index in [4.69, 9.17) is 10.5 Å². The Morgan fingerprint density at radius 2 is 2.38 bits per heavy atom. The van der Waals surface area contributed by atoms with Crippen molar-refractivity contribution in [2.75, 3.05) is 26.2 Å². The number of hydrogen-bond acceptors (Lipinski definition) is 3. The molecule has 4 heteroatoms. The van der Waals surface area contributed by atoms with Crippen molar-refractivity contribution in [3.05, 3.63) is 35.6 Å². The average molecular weight is 224 g/mol. The van der Waals surface area contributed by atoms with Crippen LogP contribution in [0.4, 0.5) is 4.39 Å². The van der Waals surface area contributed by atoms with E-state index in [-0.39, 0.29) is 11.9 Å². The lowest BCUT2D eigenvalue weighted by atomic mass is 10.2. The normalized spacial score (nSPS) is 22.2. The molecule has 0 spiro atoms. The van der Waals surface area contributed by atoms with E-state index in [1.54, 1.807) is 12.1 Å². The molecule has 0 amide bonds. The van der Waals surface area contributed by atoms with Crippen LogP contribution in [0.25, 0.3) is 0 Å². The second-order valence-corrected chi connectivity index (χ2v) is 4.09. The Bertz CT molecular complexity index is 346. The van der Waals surface area contributed by atoms with Crippen molar-refractivity contribution >= 4 is 0 Å². The smallest absolute Gasteiger partial charge is 0.123 e. The van der Waals surface area contributed by atoms with E-state index in [1.165, 1.54) is 6.07 Å². The largest absolute Gasteiger partial charge is 0.374 e. The molecule has 1 heterocycles. The molecule has 1 saturated heterocycles. The Hall–Kier alpha value is -0.970. The SMILES string of the molecule is NC[C@@H]1CN(Cc2cccc(F)c2)CCO1. The zero-order valence-electron chi connectivity index (χ0n) is 9.23. The third kappa shape index (κ3) is 3.01. The van der Waals surface area contributed by atoms with Crippen molar-refractivity contribution in [3.63, 3.8) is 0 Å². The molecule has 0 saturated carbocycles. The number of morpholine rings is 1. The molecule has 2 rings (SSSR count). The molecule has 1 fully saturated rings. The predicted octanol–water partition coefficient (Wildman–Crippen LogP) is 0.985. The third-order valence-corrected chi connectivity index (χ3v) is 2.78. The standard InChI is InChI=1S/C12H17FN2O/c13-11-3-1-2-10(6-11)8-15-4-5-16-12(7-14)9-15/h1-3,6,12H,4-5,7-9,14H2/t12-/m1/s1. The van der Waals surface area contributed by atoms with E-state index in [0.717, 1.165) is 25.2 Å². The Balaban J connectivity index is 1.94. The summed E-state index contributed by atoms with van der Waals surface area (Å²) in [5.74, 6) is -0.180. The van der Waals surface area contributed by atoms with Gasteiger partial charge in [0.1, 0.15) is 5.82 Å². The Labute approximate surface area is 95.0 Å².